The van der Waals surface area contributed by atoms with E-state index in [1.54, 1.807) is 0 Å². The van der Waals surface area contributed by atoms with Crippen LogP contribution in [0.2, 0.25) is 0 Å². The molecule has 0 aromatic carbocycles. The molecular weight excluding hydrogens is 130 g/mol. The van der Waals surface area contributed by atoms with Crippen LogP contribution in [0.4, 0.5) is 0 Å². The zero-order valence-corrected chi connectivity index (χ0v) is 6.21. The lowest BCUT2D eigenvalue weighted by Gasteiger charge is -2.01. The lowest BCUT2D eigenvalue weighted by atomic mass is 10.4. The third kappa shape index (κ3) is 4.09. The van der Waals surface area contributed by atoms with Crippen LogP contribution in [0.15, 0.2) is 17.0 Å². The Morgan fingerprint density at radius 1 is 1.80 bits per heavy atom. The van der Waals surface area contributed by atoms with Gasteiger partial charge in [-0.25, -0.2) is 4.99 Å². The lowest BCUT2D eigenvalue weighted by molar-refractivity contribution is 0.143. The lowest BCUT2D eigenvalue weighted by Crippen LogP contribution is -1.97. The van der Waals surface area contributed by atoms with Gasteiger partial charge in [-0.15, -0.1) is 0 Å². The summed E-state index contributed by atoms with van der Waals surface area (Å²) in [6.07, 6.45) is 2.67. The van der Waals surface area contributed by atoms with Crippen LogP contribution in [-0.4, -0.2) is 25.0 Å². The number of rotatable bonds is 5. The normalized spacial score (nSPS) is 11.2. The first-order valence-corrected chi connectivity index (χ1v) is 3.25. The third-order valence-electron chi connectivity index (χ3n) is 0.876. The number of hydrogen-bond donors (Lipinski definition) is 1. The molecule has 3 heteroatoms. The number of aliphatic hydroxyl groups is 1. The van der Waals surface area contributed by atoms with E-state index in [1.165, 1.54) is 0 Å². The number of ether oxygens (including phenoxy) is 1. The molecule has 0 saturated heterocycles. The summed E-state index contributed by atoms with van der Waals surface area (Å²) in [7, 11) is 0. The van der Waals surface area contributed by atoms with Gasteiger partial charge >= 0.3 is 0 Å². The molecule has 0 fully saturated rings. The summed E-state index contributed by atoms with van der Waals surface area (Å²) in [6.45, 7) is 5.58. The van der Waals surface area contributed by atoms with E-state index in [4.69, 9.17) is 9.84 Å². The molecule has 10 heavy (non-hydrogen) atoms. The second-order valence-corrected chi connectivity index (χ2v) is 1.68. The van der Waals surface area contributed by atoms with Gasteiger partial charge < -0.3 is 9.84 Å². The van der Waals surface area contributed by atoms with E-state index >= 15 is 0 Å². The second-order valence-electron chi connectivity index (χ2n) is 1.68. The molecule has 0 rings (SSSR count). The molecule has 3 nitrogen and oxygen atoms in total. The van der Waals surface area contributed by atoms with E-state index in [1.807, 2.05) is 13.0 Å². The highest BCUT2D eigenvalue weighted by atomic mass is 16.5. The molecular formula is C7H13NO2. The molecule has 0 aliphatic heterocycles. The van der Waals surface area contributed by atoms with Crippen LogP contribution in [0.5, 0.6) is 0 Å². The Balaban J connectivity index is 3.60. The fourth-order valence-corrected chi connectivity index (χ4v) is 0.494. The van der Waals surface area contributed by atoms with Crippen molar-refractivity contribution in [2.75, 3.05) is 13.2 Å². The maximum absolute atomic E-state index is 8.36. The summed E-state index contributed by atoms with van der Waals surface area (Å²) in [5.74, 6) is 0.497. The molecule has 0 aromatic heterocycles. The first-order valence-electron chi connectivity index (χ1n) is 3.25. The Hall–Kier alpha value is -0.830. The second kappa shape index (κ2) is 6.29. The Morgan fingerprint density at radius 2 is 2.50 bits per heavy atom. The molecule has 0 aliphatic carbocycles. The van der Waals surface area contributed by atoms with E-state index in [0.717, 1.165) is 6.42 Å². The number of nitrogens with zero attached hydrogens (tertiary/aromatic N) is 1. The maximum Gasteiger partial charge on any atom is 0.208 e. The van der Waals surface area contributed by atoms with Crippen molar-refractivity contribution in [1.29, 1.82) is 0 Å². The minimum Gasteiger partial charge on any atom is -0.475 e. The third-order valence-corrected chi connectivity index (χ3v) is 0.876. The van der Waals surface area contributed by atoms with E-state index in [0.29, 0.717) is 5.88 Å². The van der Waals surface area contributed by atoms with E-state index in [2.05, 4.69) is 11.7 Å². The SMILES string of the molecule is C=N/C(=C\CC)OCCO. The van der Waals surface area contributed by atoms with Crippen molar-refractivity contribution in [1.82, 2.24) is 0 Å². The quantitative estimate of drug-likeness (QED) is 0.460. The molecule has 0 saturated carbocycles. The zero-order valence-electron chi connectivity index (χ0n) is 6.21. The average Bonchev–Trinajstić information content (AvgIpc) is 1.98. The van der Waals surface area contributed by atoms with Gasteiger partial charge in [0, 0.05) is 0 Å². The number of aliphatic imine (C=N–C) groups is 1. The molecule has 0 atom stereocenters. The van der Waals surface area contributed by atoms with Crippen LogP contribution in [0.3, 0.4) is 0 Å². The highest BCUT2D eigenvalue weighted by molar-refractivity contribution is 5.27. The summed E-state index contributed by atoms with van der Waals surface area (Å²) >= 11 is 0. The number of allylic oxidation sites excluding steroid dienone is 1. The average molecular weight is 143 g/mol. The number of aliphatic hydroxyl groups excluding tert-OH is 1. The van der Waals surface area contributed by atoms with Crippen molar-refractivity contribution in [2.24, 2.45) is 4.99 Å². The van der Waals surface area contributed by atoms with Gasteiger partial charge in [0.05, 0.1) is 6.61 Å². The van der Waals surface area contributed by atoms with Crippen molar-refractivity contribution in [2.45, 2.75) is 13.3 Å². The molecule has 0 unspecified atom stereocenters. The predicted molar refractivity (Wildman–Crippen MR) is 41.0 cm³/mol. The standard InChI is InChI=1S/C7H13NO2/c1-3-4-7(8-2)10-6-5-9/h4,9H,2-3,5-6H2,1H3/b7-4+. The minimum atomic E-state index is 0.0105. The molecule has 0 aromatic rings. The Bertz CT molecular complexity index is 121. The summed E-state index contributed by atoms with van der Waals surface area (Å²) in [6, 6.07) is 0. The Kier molecular flexibility index (Phi) is 5.77. The van der Waals surface area contributed by atoms with Crippen molar-refractivity contribution in [3.63, 3.8) is 0 Å². The van der Waals surface area contributed by atoms with Crippen LogP contribution < -0.4 is 0 Å². The van der Waals surface area contributed by atoms with Crippen molar-refractivity contribution < 1.29 is 9.84 Å². The highest BCUT2D eigenvalue weighted by Gasteiger charge is 1.89. The van der Waals surface area contributed by atoms with Crippen LogP contribution in [0.25, 0.3) is 0 Å². The molecule has 0 amide bonds. The van der Waals surface area contributed by atoms with Crippen molar-refractivity contribution in [3.8, 4) is 0 Å². The fourth-order valence-electron chi connectivity index (χ4n) is 0.494. The van der Waals surface area contributed by atoms with Crippen LogP contribution in [0, 0.1) is 0 Å². The molecule has 58 valence electrons. The van der Waals surface area contributed by atoms with Gasteiger partial charge in [0.1, 0.15) is 6.61 Å². The van der Waals surface area contributed by atoms with Crippen molar-refractivity contribution in [3.05, 3.63) is 12.0 Å². The van der Waals surface area contributed by atoms with Gasteiger partial charge in [0.2, 0.25) is 5.88 Å². The van der Waals surface area contributed by atoms with Gasteiger partial charge in [0.15, 0.2) is 0 Å². The Labute approximate surface area is 61.0 Å². The Morgan fingerprint density at radius 3 is 2.90 bits per heavy atom. The van der Waals surface area contributed by atoms with Gasteiger partial charge in [0.25, 0.3) is 0 Å². The van der Waals surface area contributed by atoms with Crippen LogP contribution >= 0.6 is 0 Å². The zero-order chi connectivity index (χ0) is 7.82. The van der Waals surface area contributed by atoms with E-state index in [9.17, 15) is 0 Å². The molecule has 0 radical (unpaired) electrons. The molecule has 0 aliphatic rings. The molecule has 1 N–H and O–H groups in total. The first-order chi connectivity index (χ1) is 4.85. The monoisotopic (exact) mass is 143 g/mol. The molecule has 0 spiro atoms. The van der Waals surface area contributed by atoms with Gasteiger partial charge in [-0.1, -0.05) is 6.92 Å². The number of hydrogen-bond acceptors (Lipinski definition) is 3. The topological polar surface area (TPSA) is 41.8 Å². The summed E-state index contributed by atoms with van der Waals surface area (Å²) in [4.78, 5) is 3.59. The maximum atomic E-state index is 8.36. The van der Waals surface area contributed by atoms with Crippen LogP contribution in [0.1, 0.15) is 13.3 Å². The van der Waals surface area contributed by atoms with Gasteiger partial charge in [-0.05, 0) is 19.2 Å². The van der Waals surface area contributed by atoms with Crippen molar-refractivity contribution >= 4 is 6.72 Å². The summed E-state index contributed by atoms with van der Waals surface area (Å²) in [5.41, 5.74) is 0. The van der Waals surface area contributed by atoms with E-state index in [-0.39, 0.29) is 13.2 Å². The summed E-state index contributed by atoms with van der Waals surface area (Å²) < 4.78 is 4.96. The van der Waals surface area contributed by atoms with Gasteiger partial charge in [-0.2, -0.15) is 0 Å². The predicted octanol–water partition coefficient (Wildman–Crippen LogP) is 0.947. The first kappa shape index (κ1) is 9.17. The van der Waals surface area contributed by atoms with Gasteiger partial charge in [-0.3, -0.25) is 0 Å². The highest BCUT2D eigenvalue weighted by Crippen LogP contribution is 1.98. The minimum absolute atomic E-state index is 0.0105. The molecule has 0 bridgehead atoms. The molecule has 0 heterocycles. The smallest absolute Gasteiger partial charge is 0.208 e. The largest absolute Gasteiger partial charge is 0.475 e. The van der Waals surface area contributed by atoms with E-state index < -0.39 is 0 Å². The van der Waals surface area contributed by atoms with Crippen LogP contribution in [-0.2, 0) is 4.74 Å². The summed E-state index contributed by atoms with van der Waals surface area (Å²) in [5, 5.41) is 8.36. The fraction of sp³-hybridized carbons (Fsp3) is 0.571.